The van der Waals surface area contributed by atoms with Gasteiger partial charge in [-0.1, -0.05) is 30.3 Å². The number of aryl methyl sites for hydroxylation is 3. The Hall–Kier alpha value is -2.59. The Morgan fingerprint density at radius 2 is 1.15 bits per heavy atom. The molecular formula is C23H24O3S. The van der Waals surface area contributed by atoms with E-state index in [2.05, 4.69) is 19.6 Å². The van der Waals surface area contributed by atoms with Crippen LogP contribution >= 0.6 is 12.6 Å². The molecule has 3 nitrogen and oxygen atoms in total. The van der Waals surface area contributed by atoms with Crippen LogP contribution in [0, 0.1) is 20.8 Å². The second-order valence-electron chi connectivity index (χ2n) is 7.29. The number of hydrogen-bond donors (Lipinski definition) is 4. The number of phenols is 3. The molecule has 0 amide bonds. The summed E-state index contributed by atoms with van der Waals surface area (Å²) in [5.74, 6) is 0.674. The SMILES string of the molecule is Cc1cc(C(C)(c2cc(C)c(O)c(C)c2)c2ccc(O)c(S)c2)ccc1O. The zero-order valence-corrected chi connectivity index (χ0v) is 16.8. The first-order chi connectivity index (χ1) is 12.6. The minimum Gasteiger partial charge on any atom is -0.508 e. The molecule has 3 aromatic carbocycles. The standard InChI is InChI=1S/C23H24O3S/c1-13-9-16(5-7-19(13)24)23(4,17-6-8-20(25)21(27)12-17)18-10-14(2)22(26)15(3)11-18/h5-12,24-27H,1-4H3. The van der Waals surface area contributed by atoms with E-state index in [4.69, 9.17) is 0 Å². The highest BCUT2D eigenvalue weighted by Crippen LogP contribution is 2.43. The summed E-state index contributed by atoms with van der Waals surface area (Å²) in [6, 6.07) is 14.9. The van der Waals surface area contributed by atoms with Crippen molar-refractivity contribution in [3.05, 3.63) is 81.9 Å². The van der Waals surface area contributed by atoms with E-state index in [-0.39, 0.29) is 11.5 Å². The molecule has 4 heteroatoms. The Morgan fingerprint density at radius 3 is 1.67 bits per heavy atom. The Morgan fingerprint density at radius 1 is 0.667 bits per heavy atom. The molecule has 0 aliphatic carbocycles. The van der Waals surface area contributed by atoms with Gasteiger partial charge >= 0.3 is 0 Å². The fourth-order valence-corrected chi connectivity index (χ4v) is 3.76. The van der Waals surface area contributed by atoms with Crippen molar-refractivity contribution < 1.29 is 15.3 Å². The first-order valence-electron chi connectivity index (χ1n) is 8.78. The van der Waals surface area contributed by atoms with E-state index in [0.29, 0.717) is 10.6 Å². The first kappa shape index (κ1) is 19.2. The molecule has 0 aliphatic rings. The van der Waals surface area contributed by atoms with Crippen molar-refractivity contribution in [2.75, 3.05) is 0 Å². The monoisotopic (exact) mass is 380 g/mol. The molecule has 27 heavy (non-hydrogen) atoms. The normalized spacial score (nSPS) is 13.4. The average molecular weight is 381 g/mol. The van der Waals surface area contributed by atoms with E-state index in [0.717, 1.165) is 33.4 Å². The van der Waals surface area contributed by atoms with Crippen LogP contribution in [0.5, 0.6) is 17.2 Å². The average Bonchev–Trinajstić information content (AvgIpc) is 2.63. The van der Waals surface area contributed by atoms with Gasteiger partial charge in [0.2, 0.25) is 0 Å². The lowest BCUT2D eigenvalue weighted by molar-refractivity contribution is 0.461. The van der Waals surface area contributed by atoms with Crippen LogP contribution < -0.4 is 0 Å². The molecule has 0 saturated heterocycles. The van der Waals surface area contributed by atoms with Gasteiger partial charge in [0.1, 0.15) is 17.2 Å². The van der Waals surface area contributed by atoms with E-state index in [1.54, 1.807) is 12.1 Å². The maximum absolute atomic E-state index is 10.2. The van der Waals surface area contributed by atoms with Crippen molar-refractivity contribution in [1.82, 2.24) is 0 Å². The lowest BCUT2D eigenvalue weighted by atomic mass is 9.70. The van der Waals surface area contributed by atoms with E-state index in [9.17, 15) is 15.3 Å². The second kappa shape index (κ2) is 6.86. The van der Waals surface area contributed by atoms with Crippen LogP contribution in [0.4, 0.5) is 0 Å². The molecule has 0 spiro atoms. The Labute approximate surface area is 165 Å². The molecule has 3 rings (SSSR count). The highest BCUT2D eigenvalue weighted by Gasteiger charge is 2.33. The minimum absolute atomic E-state index is 0.129. The molecule has 0 radical (unpaired) electrons. The summed E-state index contributed by atoms with van der Waals surface area (Å²) in [4.78, 5) is 0.501. The summed E-state index contributed by atoms with van der Waals surface area (Å²) in [6.07, 6.45) is 0. The lowest BCUT2D eigenvalue weighted by Gasteiger charge is -2.33. The van der Waals surface area contributed by atoms with Crippen molar-refractivity contribution in [1.29, 1.82) is 0 Å². The van der Waals surface area contributed by atoms with Crippen LogP contribution in [-0.2, 0) is 5.41 Å². The van der Waals surface area contributed by atoms with E-state index >= 15 is 0 Å². The summed E-state index contributed by atoms with van der Waals surface area (Å²) in [6.45, 7) is 7.74. The van der Waals surface area contributed by atoms with Gasteiger partial charge in [-0.15, -0.1) is 12.6 Å². The molecule has 0 fully saturated rings. The second-order valence-corrected chi connectivity index (χ2v) is 7.77. The number of rotatable bonds is 3. The van der Waals surface area contributed by atoms with Crippen molar-refractivity contribution in [2.24, 2.45) is 0 Å². The molecular weight excluding hydrogens is 356 g/mol. The third kappa shape index (κ3) is 3.26. The van der Waals surface area contributed by atoms with E-state index < -0.39 is 5.41 Å². The van der Waals surface area contributed by atoms with Crippen LogP contribution in [0.1, 0.15) is 40.3 Å². The van der Waals surface area contributed by atoms with Crippen molar-refractivity contribution >= 4 is 12.6 Å². The van der Waals surface area contributed by atoms with Gasteiger partial charge in [0.15, 0.2) is 0 Å². The Bertz CT molecular complexity index is 950. The maximum atomic E-state index is 10.2. The number of thiol groups is 1. The number of aromatic hydroxyl groups is 3. The zero-order valence-electron chi connectivity index (χ0n) is 15.9. The fraction of sp³-hybridized carbons (Fsp3) is 0.217. The smallest absolute Gasteiger partial charge is 0.128 e. The van der Waals surface area contributed by atoms with Gasteiger partial charge < -0.3 is 15.3 Å². The molecule has 0 aromatic heterocycles. The lowest BCUT2D eigenvalue weighted by Crippen LogP contribution is -2.26. The van der Waals surface area contributed by atoms with Gasteiger partial charge in [-0.25, -0.2) is 0 Å². The van der Waals surface area contributed by atoms with Gasteiger partial charge in [0.25, 0.3) is 0 Å². The van der Waals surface area contributed by atoms with Gasteiger partial charge in [-0.05, 0) is 79.3 Å². The number of phenolic OH excluding ortho intramolecular Hbond substituents is 3. The van der Waals surface area contributed by atoms with Crippen LogP contribution in [-0.4, -0.2) is 15.3 Å². The molecule has 3 N–H and O–H groups in total. The predicted octanol–water partition coefficient (Wildman–Crippen LogP) is 5.37. The van der Waals surface area contributed by atoms with Crippen molar-refractivity contribution in [2.45, 2.75) is 38.0 Å². The van der Waals surface area contributed by atoms with Crippen LogP contribution in [0.3, 0.4) is 0 Å². The quantitative estimate of drug-likeness (QED) is 0.365. The molecule has 3 aromatic rings. The van der Waals surface area contributed by atoms with Gasteiger partial charge in [-0.3, -0.25) is 0 Å². The van der Waals surface area contributed by atoms with Gasteiger partial charge in [0, 0.05) is 10.3 Å². The summed E-state index contributed by atoms with van der Waals surface area (Å²) >= 11 is 4.39. The highest BCUT2D eigenvalue weighted by atomic mass is 32.1. The minimum atomic E-state index is -0.563. The molecule has 0 aliphatic heterocycles. The molecule has 140 valence electrons. The summed E-state index contributed by atoms with van der Waals surface area (Å²) in [7, 11) is 0. The fourth-order valence-electron chi connectivity index (χ4n) is 3.55. The van der Waals surface area contributed by atoms with E-state index in [1.165, 1.54) is 0 Å². The molecule has 1 unspecified atom stereocenters. The largest absolute Gasteiger partial charge is 0.508 e. The van der Waals surface area contributed by atoms with Crippen LogP contribution in [0.15, 0.2) is 53.4 Å². The van der Waals surface area contributed by atoms with Crippen molar-refractivity contribution in [3.8, 4) is 17.2 Å². The van der Waals surface area contributed by atoms with Gasteiger partial charge in [0.05, 0.1) is 0 Å². The van der Waals surface area contributed by atoms with Crippen molar-refractivity contribution in [3.63, 3.8) is 0 Å². The maximum Gasteiger partial charge on any atom is 0.128 e. The molecule has 0 saturated carbocycles. The highest BCUT2D eigenvalue weighted by molar-refractivity contribution is 7.80. The van der Waals surface area contributed by atoms with E-state index in [1.807, 2.05) is 57.2 Å². The summed E-state index contributed by atoms with van der Waals surface area (Å²) in [5, 5.41) is 30.1. The Balaban J connectivity index is 2.35. The number of hydrogen-bond acceptors (Lipinski definition) is 4. The first-order valence-corrected chi connectivity index (χ1v) is 9.22. The van der Waals surface area contributed by atoms with Gasteiger partial charge in [-0.2, -0.15) is 0 Å². The summed E-state index contributed by atoms with van der Waals surface area (Å²) < 4.78 is 0. The van der Waals surface area contributed by atoms with Crippen LogP contribution in [0.2, 0.25) is 0 Å². The molecule has 0 bridgehead atoms. The third-order valence-electron chi connectivity index (χ3n) is 5.40. The zero-order chi connectivity index (χ0) is 19.9. The molecule has 1 atom stereocenters. The predicted molar refractivity (Wildman–Crippen MR) is 111 cm³/mol. The number of benzene rings is 3. The molecule has 0 heterocycles. The Kier molecular flexibility index (Phi) is 4.87. The van der Waals surface area contributed by atoms with Crippen LogP contribution in [0.25, 0.3) is 0 Å². The third-order valence-corrected chi connectivity index (χ3v) is 5.75. The summed E-state index contributed by atoms with van der Waals surface area (Å²) in [5.41, 5.74) is 4.80. The topological polar surface area (TPSA) is 60.7 Å².